The number of phenolic OH excluding ortho intramolecular Hbond substituents is 1. The molecule has 1 aliphatic heterocycles. The van der Waals surface area contributed by atoms with Gasteiger partial charge in [0.2, 0.25) is 0 Å². The Morgan fingerprint density at radius 3 is 2.48 bits per heavy atom. The van der Waals surface area contributed by atoms with Gasteiger partial charge in [-0.15, -0.1) is 0 Å². The first-order chi connectivity index (χ1) is 10.1. The van der Waals surface area contributed by atoms with E-state index in [9.17, 15) is 9.90 Å². The molecule has 1 amide bonds. The maximum atomic E-state index is 12.3. The normalized spacial score (nSPS) is 16.1. The minimum absolute atomic E-state index is 0.0137. The van der Waals surface area contributed by atoms with Crippen LogP contribution >= 0.6 is 0 Å². The van der Waals surface area contributed by atoms with E-state index in [1.54, 1.807) is 29.2 Å². The Balaban J connectivity index is 1.62. The molecule has 110 valence electrons. The molecule has 0 radical (unpaired) electrons. The number of phenols is 1. The molecule has 1 fully saturated rings. The monoisotopic (exact) mass is 285 g/mol. The van der Waals surface area contributed by atoms with E-state index in [1.165, 1.54) is 5.56 Å². The lowest BCUT2D eigenvalue weighted by molar-refractivity contribution is 0.0707. The van der Waals surface area contributed by atoms with Crippen LogP contribution < -0.4 is 0 Å². The van der Waals surface area contributed by atoms with Gasteiger partial charge in [-0.1, -0.05) is 12.1 Å². The number of hydrogen-bond acceptors (Lipinski definition) is 3. The molecule has 2 heterocycles. The summed E-state index contributed by atoms with van der Waals surface area (Å²) in [6.45, 7) is 1.50. The van der Waals surface area contributed by atoms with Crippen molar-refractivity contribution in [2.24, 2.45) is 7.05 Å². The topological polar surface area (TPSA) is 58.4 Å². The van der Waals surface area contributed by atoms with Crippen LogP contribution in [0.15, 0.2) is 36.8 Å². The molecule has 1 aliphatic rings. The average molecular weight is 285 g/mol. The summed E-state index contributed by atoms with van der Waals surface area (Å²) in [6.07, 6.45) is 5.30. The van der Waals surface area contributed by atoms with Gasteiger partial charge >= 0.3 is 0 Å². The highest BCUT2D eigenvalue weighted by molar-refractivity contribution is 5.92. The Morgan fingerprint density at radius 2 is 1.90 bits per heavy atom. The van der Waals surface area contributed by atoms with Gasteiger partial charge in [0.15, 0.2) is 0 Å². The summed E-state index contributed by atoms with van der Waals surface area (Å²) in [7, 11) is 1.86. The molecule has 5 nitrogen and oxygen atoms in total. The summed E-state index contributed by atoms with van der Waals surface area (Å²) < 4.78 is 1.79. The van der Waals surface area contributed by atoms with Crippen molar-refractivity contribution >= 4 is 5.91 Å². The number of amides is 1. The SMILES string of the molecule is Cn1cnc(C(=O)N2CCC(c3ccc(O)cc3)CC2)c1. The molecule has 21 heavy (non-hydrogen) atoms. The van der Waals surface area contributed by atoms with Crippen molar-refractivity contribution in [1.29, 1.82) is 0 Å². The highest BCUT2D eigenvalue weighted by atomic mass is 16.3. The van der Waals surface area contributed by atoms with E-state index in [2.05, 4.69) is 4.98 Å². The number of aromatic hydroxyl groups is 1. The van der Waals surface area contributed by atoms with Crippen LogP contribution in [0.4, 0.5) is 0 Å². The van der Waals surface area contributed by atoms with Gasteiger partial charge in [0, 0.05) is 26.3 Å². The van der Waals surface area contributed by atoms with E-state index in [1.807, 2.05) is 24.1 Å². The molecule has 0 atom stereocenters. The van der Waals surface area contributed by atoms with Crippen LogP contribution in [0.25, 0.3) is 0 Å². The number of nitrogens with zero attached hydrogens (tertiary/aromatic N) is 3. The summed E-state index contributed by atoms with van der Waals surface area (Å²) in [4.78, 5) is 18.3. The third-order valence-corrected chi connectivity index (χ3v) is 4.07. The van der Waals surface area contributed by atoms with E-state index in [4.69, 9.17) is 0 Å². The fourth-order valence-electron chi connectivity index (χ4n) is 2.85. The number of piperidine rings is 1. The lowest BCUT2D eigenvalue weighted by Gasteiger charge is -2.31. The molecule has 1 N–H and O–H groups in total. The molecule has 0 spiro atoms. The zero-order chi connectivity index (χ0) is 14.8. The van der Waals surface area contributed by atoms with Crippen LogP contribution in [0, 0.1) is 0 Å². The summed E-state index contributed by atoms with van der Waals surface area (Å²) in [5, 5.41) is 9.34. The van der Waals surface area contributed by atoms with Crippen molar-refractivity contribution in [3.05, 3.63) is 48.0 Å². The molecule has 1 aromatic heterocycles. The zero-order valence-corrected chi connectivity index (χ0v) is 12.1. The maximum absolute atomic E-state index is 12.3. The van der Waals surface area contributed by atoms with Crippen molar-refractivity contribution in [2.45, 2.75) is 18.8 Å². The third-order valence-electron chi connectivity index (χ3n) is 4.07. The molecule has 5 heteroatoms. The Morgan fingerprint density at radius 1 is 1.24 bits per heavy atom. The van der Waals surface area contributed by atoms with E-state index in [-0.39, 0.29) is 5.91 Å². The Kier molecular flexibility index (Phi) is 3.64. The summed E-state index contributed by atoms with van der Waals surface area (Å²) >= 11 is 0. The first-order valence-corrected chi connectivity index (χ1v) is 7.19. The lowest BCUT2D eigenvalue weighted by Crippen LogP contribution is -2.38. The van der Waals surface area contributed by atoms with E-state index in [0.29, 0.717) is 17.4 Å². The largest absolute Gasteiger partial charge is 0.508 e. The zero-order valence-electron chi connectivity index (χ0n) is 12.1. The van der Waals surface area contributed by atoms with Gasteiger partial charge in [0.05, 0.1) is 6.33 Å². The van der Waals surface area contributed by atoms with Crippen molar-refractivity contribution in [3.63, 3.8) is 0 Å². The van der Waals surface area contributed by atoms with Crippen LogP contribution in [-0.4, -0.2) is 38.6 Å². The number of aromatic nitrogens is 2. The second-order valence-electron chi connectivity index (χ2n) is 5.58. The van der Waals surface area contributed by atoms with Crippen molar-refractivity contribution in [1.82, 2.24) is 14.5 Å². The second-order valence-corrected chi connectivity index (χ2v) is 5.58. The number of likely N-dealkylation sites (tertiary alicyclic amines) is 1. The van der Waals surface area contributed by atoms with Crippen molar-refractivity contribution < 1.29 is 9.90 Å². The van der Waals surface area contributed by atoms with Crippen LogP contribution in [0.1, 0.15) is 34.8 Å². The number of carbonyl (C=O) groups excluding carboxylic acids is 1. The van der Waals surface area contributed by atoms with Gasteiger partial charge in [-0.3, -0.25) is 4.79 Å². The Labute approximate surface area is 123 Å². The predicted molar refractivity (Wildman–Crippen MR) is 79.2 cm³/mol. The number of imidazole rings is 1. The molecule has 2 aromatic rings. The molecule has 0 aliphatic carbocycles. The fraction of sp³-hybridized carbons (Fsp3) is 0.375. The summed E-state index contributed by atoms with van der Waals surface area (Å²) in [5.41, 5.74) is 1.75. The van der Waals surface area contributed by atoms with Crippen LogP contribution in [0.2, 0.25) is 0 Å². The third kappa shape index (κ3) is 2.91. The fourth-order valence-corrected chi connectivity index (χ4v) is 2.85. The van der Waals surface area contributed by atoms with Gasteiger partial charge in [0.25, 0.3) is 5.91 Å². The van der Waals surface area contributed by atoms with Crippen molar-refractivity contribution in [3.8, 4) is 5.75 Å². The molecular formula is C16H19N3O2. The number of carbonyl (C=O) groups is 1. The second kappa shape index (κ2) is 5.60. The molecule has 1 saturated heterocycles. The standard InChI is InChI=1S/C16H19N3O2/c1-18-10-15(17-11-18)16(21)19-8-6-13(7-9-19)12-2-4-14(20)5-3-12/h2-5,10-11,13,20H,6-9H2,1H3. The highest BCUT2D eigenvalue weighted by Crippen LogP contribution is 2.29. The van der Waals surface area contributed by atoms with Gasteiger partial charge in [-0.05, 0) is 36.5 Å². The molecule has 0 bridgehead atoms. The number of hydrogen-bond donors (Lipinski definition) is 1. The minimum Gasteiger partial charge on any atom is -0.508 e. The number of rotatable bonds is 2. The van der Waals surface area contributed by atoms with E-state index < -0.39 is 0 Å². The van der Waals surface area contributed by atoms with Gasteiger partial charge in [0.1, 0.15) is 11.4 Å². The van der Waals surface area contributed by atoms with E-state index >= 15 is 0 Å². The van der Waals surface area contributed by atoms with E-state index in [0.717, 1.165) is 25.9 Å². The average Bonchev–Trinajstić information content (AvgIpc) is 2.94. The van der Waals surface area contributed by atoms with Crippen LogP contribution in [-0.2, 0) is 7.05 Å². The number of benzene rings is 1. The Hall–Kier alpha value is -2.30. The quantitative estimate of drug-likeness (QED) is 0.919. The predicted octanol–water partition coefficient (Wildman–Crippen LogP) is 2.15. The van der Waals surface area contributed by atoms with Crippen LogP contribution in [0.5, 0.6) is 5.75 Å². The highest BCUT2D eigenvalue weighted by Gasteiger charge is 2.25. The summed E-state index contributed by atoms with van der Waals surface area (Å²) in [6, 6.07) is 7.38. The van der Waals surface area contributed by atoms with Crippen molar-refractivity contribution in [2.75, 3.05) is 13.1 Å². The number of aryl methyl sites for hydroxylation is 1. The molecule has 0 unspecified atom stereocenters. The smallest absolute Gasteiger partial charge is 0.274 e. The summed E-state index contributed by atoms with van der Waals surface area (Å²) in [5.74, 6) is 0.764. The first-order valence-electron chi connectivity index (χ1n) is 7.19. The molecule has 3 rings (SSSR count). The van der Waals surface area contributed by atoms with Gasteiger partial charge in [-0.2, -0.15) is 0 Å². The molecule has 0 saturated carbocycles. The van der Waals surface area contributed by atoms with Gasteiger partial charge < -0.3 is 14.6 Å². The minimum atomic E-state index is 0.0137. The molecule has 1 aromatic carbocycles. The first kappa shape index (κ1) is 13.7. The van der Waals surface area contributed by atoms with Crippen LogP contribution in [0.3, 0.4) is 0 Å². The molecular weight excluding hydrogens is 266 g/mol. The Bertz CT molecular complexity index is 625. The van der Waals surface area contributed by atoms with Gasteiger partial charge in [-0.25, -0.2) is 4.98 Å². The maximum Gasteiger partial charge on any atom is 0.274 e. The lowest BCUT2D eigenvalue weighted by atomic mass is 9.89.